The Bertz CT molecular complexity index is 1150. The molecule has 0 amide bonds. The van der Waals surface area contributed by atoms with Crippen LogP contribution in [-0.4, -0.2) is 18.7 Å². The van der Waals surface area contributed by atoms with Crippen molar-refractivity contribution in [2.24, 2.45) is 0 Å². The van der Waals surface area contributed by atoms with Gasteiger partial charge in [0.05, 0.1) is 18.3 Å². The van der Waals surface area contributed by atoms with Gasteiger partial charge in [-0.05, 0) is 79.3 Å². The van der Waals surface area contributed by atoms with Crippen LogP contribution in [0.5, 0.6) is 11.5 Å². The first-order valence-electron chi connectivity index (χ1n) is 17.3. The molecule has 44 heavy (non-hydrogen) atoms. The van der Waals surface area contributed by atoms with Crippen molar-refractivity contribution in [3.63, 3.8) is 0 Å². The lowest BCUT2D eigenvalue weighted by molar-refractivity contribution is 0.0319. The molecule has 4 heteroatoms. The van der Waals surface area contributed by atoms with E-state index in [1.165, 1.54) is 77.0 Å². The van der Waals surface area contributed by atoms with Gasteiger partial charge in [0, 0.05) is 0 Å². The van der Waals surface area contributed by atoms with Crippen molar-refractivity contribution in [1.29, 1.82) is 0 Å². The normalized spacial score (nSPS) is 11.7. The van der Waals surface area contributed by atoms with E-state index in [0.717, 1.165) is 54.1 Å². The Morgan fingerprint density at radius 3 is 1.59 bits per heavy atom. The van der Waals surface area contributed by atoms with E-state index >= 15 is 0 Å². The van der Waals surface area contributed by atoms with Crippen molar-refractivity contribution < 1.29 is 19.0 Å². The van der Waals surface area contributed by atoms with Crippen LogP contribution in [0.1, 0.15) is 133 Å². The molecule has 0 aliphatic rings. The lowest BCUT2D eigenvalue weighted by atomic mass is 10.1. The zero-order valence-corrected chi connectivity index (χ0v) is 27.7. The summed E-state index contributed by atoms with van der Waals surface area (Å²) in [6, 6.07) is 24.0. The van der Waals surface area contributed by atoms with Crippen molar-refractivity contribution in [2.75, 3.05) is 6.61 Å². The maximum Gasteiger partial charge on any atom is 0.338 e. The minimum absolute atomic E-state index is 0.0594. The van der Waals surface area contributed by atoms with Crippen LogP contribution in [0.2, 0.25) is 0 Å². The molecule has 0 aliphatic heterocycles. The molecule has 1 atom stereocenters. The monoisotopic (exact) mass is 600 g/mol. The molecule has 0 N–H and O–H groups in total. The summed E-state index contributed by atoms with van der Waals surface area (Å²) >= 11 is 0. The van der Waals surface area contributed by atoms with Crippen LogP contribution in [0.15, 0.2) is 72.8 Å². The largest absolute Gasteiger partial charge is 0.494 e. The second-order valence-electron chi connectivity index (χ2n) is 12.1. The molecular formula is C40H56O4. The maximum absolute atomic E-state index is 12.5. The molecule has 3 aromatic carbocycles. The molecule has 0 saturated heterocycles. The first kappa shape index (κ1) is 35.2. The van der Waals surface area contributed by atoms with E-state index < -0.39 is 0 Å². The Hall–Kier alpha value is -3.27. The highest BCUT2D eigenvalue weighted by Crippen LogP contribution is 2.25. The number of rotatable bonds is 23. The van der Waals surface area contributed by atoms with Gasteiger partial charge in [-0.15, -0.1) is 0 Å². The van der Waals surface area contributed by atoms with Crippen molar-refractivity contribution in [1.82, 2.24) is 0 Å². The molecule has 0 aliphatic carbocycles. The van der Waals surface area contributed by atoms with Crippen LogP contribution in [0, 0.1) is 0 Å². The van der Waals surface area contributed by atoms with Crippen LogP contribution in [0.25, 0.3) is 11.1 Å². The summed E-state index contributed by atoms with van der Waals surface area (Å²) in [6.07, 6.45) is 18.9. The third-order valence-corrected chi connectivity index (χ3v) is 8.18. The third kappa shape index (κ3) is 14.0. The maximum atomic E-state index is 12.5. The summed E-state index contributed by atoms with van der Waals surface area (Å²) in [7, 11) is 0. The average molecular weight is 601 g/mol. The van der Waals surface area contributed by atoms with Gasteiger partial charge >= 0.3 is 5.97 Å². The van der Waals surface area contributed by atoms with Crippen LogP contribution >= 0.6 is 0 Å². The number of benzene rings is 3. The number of carbonyl (C=O) groups is 1. The summed E-state index contributed by atoms with van der Waals surface area (Å²) in [5.74, 6) is 1.48. The molecule has 0 aromatic heterocycles. The van der Waals surface area contributed by atoms with E-state index in [4.69, 9.17) is 14.2 Å². The van der Waals surface area contributed by atoms with Gasteiger partial charge in [-0.3, -0.25) is 0 Å². The Balaban J connectivity index is 1.32. The number of unbranched alkanes of at least 4 members (excludes halogenated alkanes) is 12. The fraction of sp³-hybridized carbons (Fsp3) is 0.525. The summed E-state index contributed by atoms with van der Waals surface area (Å²) in [5, 5.41) is 0. The smallest absolute Gasteiger partial charge is 0.338 e. The highest BCUT2D eigenvalue weighted by Gasteiger charge is 2.12. The van der Waals surface area contributed by atoms with E-state index in [1.807, 2.05) is 43.3 Å². The SMILES string of the molecule is CCCCCCCCCCCCOc1ccc(-c2ccc(OCc3ccc(C(=O)OC(C)CCCCCC)cc3)cc2)cc1. The summed E-state index contributed by atoms with van der Waals surface area (Å²) in [5.41, 5.74) is 3.88. The summed E-state index contributed by atoms with van der Waals surface area (Å²) in [6.45, 7) is 7.67. The Labute approximate surface area is 267 Å². The van der Waals surface area contributed by atoms with Crippen molar-refractivity contribution in [3.8, 4) is 22.6 Å². The Kier molecular flexibility index (Phi) is 17.2. The van der Waals surface area contributed by atoms with Gasteiger partial charge in [-0.1, -0.05) is 127 Å². The molecule has 0 radical (unpaired) electrons. The molecule has 0 spiro atoms. The number of hydrogen-bond donors (Lipinski definition) is 0. The lowest BCUT2D eigenvalue weighted by Gasteiger charge is -2.13. The molecule has 0 fully saturated rings. The zero-order valence-electron chi connectivity index (χ0n) is 27.7. The van der Waals surface area contributed by atoms with Gasteiger partial charge in [0.2, 0.25) is 0 Å². The van der Waals surface area contributed by atoms with E-state index in [2.05, 4.69) is 50.2 Å². The number of ether oxygens (including phenoxy) is 3. The second-order valence-corrected chi connectivity index (χ2v) is 12.1. The molecule has 240 valence electrons. The second kappa shape index (κ2) is 21.4. The molecule has 0 saturated carbocycles. The van der Waals surface area contributed by atoms with E-state index in [-0.39, 0.29) is 12.1 Å². The van der Waals surface area contributed by atoms with Gasteiger partial charge in [-0.25, -0.2) is 4.79 Å². The van der Waals surface area contributed by atoms with Crippen molar-refractivity contribution in [3.05, 3.63) is 83.9 Å². The topological polar surface area (TPSA) is 44.8 Å². The standard InChI is InChI=1S/C40H56O4/c1-4-6-8-10-11-12-13-14-15-17-31-42-38-27-23-35(24-28-38)36-25-29-39(30-26-36)43-32-34-19-21-37(22-20-34)40(41)44-33(3)18-16-9-7-5-2/h19-30,33H,4-18,31-32H2,1-3H3. The van der Waals surface area contributed by atoms with Gasteiger partial charge in [0.1, 0.15) is 18.1 Å². The van der Waals surface area contributed by atoms with Crippen LogP contribution in [-0.2, 0) is 11.3 Å². The molecule has 0 bridgehead atoms. The van der Waals surface area contributed by atoms with Gasteiger partial charge < -0.3 is 14.2 Å². The molecule has 4 nitrogen and oxygen atoms in total. The van der Waals surface area contributed by atoms with Gasteiger partial charge in [0.15, 0.2) is 0 Å². The molecule has 3 rings (SSSR count). The highest BCUT2D eigenvalue weighted by molar-refractivity contribution is 5.89. The first-order chi connectivity index (χ1) is 21.6. The summed E-state index contributed by atoms with van der Waals surface area (Å²) in [4.78, 5) is 12.5. The summed E-state index contributed by atoms with van der Waals surface area (Å²) < 4.78 is 17.6. The Morgan fingerprint density at radius 1 is 0.568 bits per heavy atom. The molecule has 1 unspecified atom stereocenters. The molecular weight excluding hydrogens is 544 g/mol. The van der Waals surface area contributed by atoms with Crippen LogP contribution in [0.3, 0.4) is 0 Å². The van der Waals surface area contributed by atoms with Crippen LogP contribution in [0.4, 0.5) is 0 Å². The van der Waals surface area contributed by atoms with Crippen LogP contribution < -0.4 is 9.47 Å². The number of esters is 1. The predicted molar refractivity (Wildman–Crippen MR) is 184 cm³/mol. The average Bonchev–Trinajstić information content (AvgIpc) is 3.05. The van der Waals surface area contributed by atoms with E-state index in [9.17, 15) is 4.79 Å². The molecule has 0 heterocycles. The fourth-order valence-electron chi connectivity index (χ4n) is 5.34. The highest BCUT2D eigenvalue weighted by atomic mass is 16.5. The molecule has 3 aromatic rings. The van der Waals surface area contributed by atoms with Crippen molar-refractivity contribution >= 4 is 5.97 Å². The van der Waals surface area contributed by atoms with E-state index in [1.54, 1.807) is 0 Å². The Morgan fingerprint density at radius 2 is 1.05 bits per heavy atom. The lowest BCUT2D eigenvalue weighted by Crippen LogP contribution is -2.15. The van der Waals surface area contributed by atoms with Gasteiger partial charge in [-0.2, -0.15) is 0 Å². The number of carbonyl (C=O) groups excluding carboxylic acids is 1. The minimum atomic E-state index is -0.260. The van der Waals surface area contributed by atoms with Crippen molar-refractivity contribution in [2.45, 2.75) is 130 Å². The number of hydrogen-bond acceptors (Lipinski definition) is 4. The zero-order chi connectivity index (χ0) is 31.2. The van der Waals surface area contributed by atoms with E-state index in [0.29, 0.717) is 12.2 Å². The first-order valence-corrected chi connectivity index (χ1v) is 17.3. The quantitative estimate of drug-likeness (QED) is 0.0802. The fourth-order valence-corrected chi connectivity index (χ4v) is 5.34. The van der Waals surface area contributed by atoms with Gasteiger partial charge in [0.25, 0.3) is 0 Å². The predicted octanol–water partition coefficient (Wildman–Crippen LogP) is 11.7. The minimum Gasteiger partial charge on any atom is -0.494 e. The third-order valence-electron chi connectivity index (χ3n) is 8.18.